The number of fused-ring (bicyclic) bond motifs is 1. The summed E-state index contributed by atoms with van der Waals surface area (Å²) in [7, 11) is 3.07. The number of nitrogens with zero attached hydrogens (tertiary/aromatic N) is 3. The number of aromatic nitrogens is 3. The SMILES string of the molecule is COCC(CNc1nccn2nc(C(F)(F)F)cc12)OC. The van der Waals surface area contributed by atoms with Gasteiger partial charge in [-0.3, -0.25) is 0 Å². The van der Waals surface area contributed by atoms with Gasteiger partial charge in [-0.25, -0.2) is 9.50 Å². The van der Waals surface area contributed by atoms with Crippen LogP contribution in [0.5, 0.6) is 0 Å². The summed E-state index contributed by atoms with van der Waals surface area (Å²) < 4.78 is 49.3. The Balaban J connectivity index is 2.22. The minimum atomic E-state index is -4.49. The third-order valence-corrected chi connectivity index (χ3v) is 2.86. The molecule has 0 aliphatic rings. The van der Waals surface area contributed by atoms with Crippen LogP contribution < -0.4 is 5.32 Å². The van der Waals surface area contributed by atoms with Gasteiger partial charge in [0, 0.05) is 39.2 Å². The molecule has 0 fully saturated rings. The number of methoxy groups -OCH3 is 2. The summed E-state index contributed by atoms with van der Waals surface area (Å²) in [5.41, 5.74) is -0.712. The summed E-state index contributed by atoms with van der Waals surface area (Å²) in [6.45, 7) is 0.712. The van der Waals surface area contributed by atoms with Crippen LogP contribution in [-0.4, -0.2) is 48.1 Å². The molecule has 0 spiro atoms. The van der Waals surface area contributed by atoms with Gasteiger partial charge in [-0.1, -0.05) is 0 Å². The van der Waals surface area contributed by atoms with Crippen molar-refractivity contribution in [3.63, 3.8) is 0 Å². The van der Waals surface area contributed by atoms with Gasteiger partial charge in [0.05, 0.1) is 12.7 Å². The number of alkyl halides is 3. The van der Waals surface area contributed by atoms with Crippen molar-refractivity contribution < 1.29 is 22.6 Å². The molecule has 9 heteroatoms. The first-order chi connectivity index (χ1) is 9.95. The van der Waals surface area contributed by atoms with Crippen molar-refractivity contribution in [2.75, 3.05) is 32.7 Å². The summed E-state index contributed by atoms with van der Waals surface area (Å²) in [5, 5.41) is 6.43. The number of hydrogen-bond donors (Lipinski definition) is 1. The molecule has 0 aromatic carbocycles. The van der Waals surface area contributed by atoms with E-state index in [1.165, 1.54) is 26.6 Å². The highest BCUT2D eigenvalue weighted by atomic mass is 19.4. The Morgan fingerprint density at radius 2 is 2.14 bits per heavy atom. The molecule has 1 atom stereocenters. The van der Waals surface area contributed by atoms with Crippen LogP contribution in [0.2, 0.25) is 0 Å². The quantitative estimate of drug-likeness (QED) is 0.882. The van der Waals surface area contributed by atoms with Crippen LogP contribution in [0.1, 0.15) is 5.69 Å². The highest BCUT2D eigenvalue weighted by molar-refractivity contribution is 5.67. The fourth-order valence-electron chi connectivity index (χ4n) is 1.80. The molecule has 116 valence electrons. The van der Waals surface area contributed by atoms with Crippen molar-refractivity contribution in [2.45, 2.75) is 12.3 Å². The Morgan fingerprint density at radius 3 is 2.76 bits per heavy atom. The van der Waals surface area contributed by atoms with Gasteiger partial charge >= 0.3 is 6.18 Å². The molecule has 6 nitrogen and oxygen atoms in total. The molecule has 2 aromatic heterocycles. The van der Waals surface area contributed by atoms with Gasteiger partial charge in [0.2, 0.25) is 0 Å². The summed E-state index contributed by atoms with van der Waals surface area (Å²) in [6, 6.07) is 0.952. The highest BCUT2D eigenvalue weighted by Crippen LogP contribution is 2.29. The van der Waals surface area contributed by atoms with Crippen molar-refractivity contribution in [3.05, 3.63) is 24.2 Å². The van der Waals surface area contributed by atoms with E-state index in [-0.39, 0.29) is 11.6 Å². The molecule has 2 heterocycles. The van der Waals surface area contributed by atoms with Crippen LogP contribution >= 0.6 is 0 Å². The average molecular weight is 304 g/mol. The highest BCUT2D eigenvalue weighted by Gasteiger charge is 2.34. The Hall–Kier alpha value is -1.87. The molecule has 0 radical (unpaired) electrons. The van der Waals surface area contributed by atoms with Crippen LogP contribution in [0.25, 0.3) is 5.52 Å². The molecule has 0 saturated heterocycles. The van der Waals surface area contributed by atoms with Gasteiger partial charge in [0.25, 0.3) is 0 Å². The Bertz CT molecular complexity index is 600. The molecule has 2 rings (SSSR count). The predicted molar refractivity (Wildman–Crippen MR) is 69.2 cm³/mol. The number of nitrogens with one attached hydrogen (secondary N) is 1. The maximum absolute atomic E-state index is 12.7. The smallest absolute Gasteiger partial charge is 0.382 e. The van der Waals surface area contributed by atoms with E-state index in [1.807, 2.05) is 0 Å². The second-order valence-electron chi connectivity index (χ2n) is 4.33. The normalized spacial score (nSPS) is 13.6. The van der Waals surface area contributed by atoms with E-state index in [2.05, 4.69) is 15.4 Å². The van der Waals surface area contributed by atoms with E-state index in [0.29, 0.717) is 19.0 Å². The van der Waals surface area contributed by atoms with Crippen molar-refractivity contribution in [3.8, 4) is 0 Å². The monoisotopic (exact) mass is 304 g/mol. The van der Waals surface area contributed by atoms with Crippen LogP contribution in [0, 0.1) is 0 Å². The molecule has 2 aromatic rings. The topological polar surface area (TPSA) is 60.7 Å². The predicted octanol–water partition coefficient (Wildman–Crippen LogP) is 1.82. The minimum Gasteiger partial charge on any atom is -0.382 e. The first-order valence-corrected chi connectivity index (χ1v) is 6.13. The van der Waals surface area contributed by atoms with E-state index in [9.17, 15) is 13.2 Å². The van der Waals surface area contributed by atoms with Gasteiger partial charge in [0.1, 0.15) is 5.52 Å². The van der Waals surface area contributed by atoms with Gasteiger partial charge in [0.15, 0.2) is 11.5 Å². The summed E-state index contributed by atoms with van der Waals surface area (Å²) in [6.07, 6.45) is -1.99. The third kappa shape index (κ3) is 3.61. The van der Waals surface area contributed by atoms with Crippen LogP contribution in [0.3, 0.4) is 0 Å². The fraction of sp³-hybridized carbons (Fsp3) is 0.500. The van der Waals surface area contributed by atoms with Crippen molar-refractivity contribution in [1.29, 1.82) is 0 Å². The lowest BCUT2D eigenvalue weighted by Gasteiger charge is -2.15. The summed E-state index contributed by atoms with van der Waals surface area (Å²) in [4.78, 5) is 4.03. The molecular formula is C12H15F3N4O2. The van der Waals surface area contributed by atoms with Gasteiger partial charge in [-0.05, 0) is 0 Å². The lowest BCUT2D eigenvalue weighted by Crippen LogP contribution is -2.27. The van der Waals surface area contributed by atoms with Crippen LogP contribution in [0.15, 0.2) is 18.5 Å². The number of anilines is 1. The van der Waals surface area contributed by atoms with E-state index in [4.69, 9.17) is 9.47 Å². The second kappa shape index (κ2) is 6.27. The van der Waals surface area contributed by atoms with Crippen LogP contribution in [-0.2, 0) is 15.7 Å². The maximum atomic E-state index is 12.7. The molecule has 0 saturated carbocycles. The lowest BCUT2D eigenvalue weighted by molar-refractivity contribution is -0.141. The van der Waals surface area contributed by atoms with Crippen molar-refractivity contribution in [1.82, 2.24) is 14.6 Å². The standard InChI is InChI=1S/C12H15F3N4O2/c1-20-7-8(21-2)6-17-11-9-5-10(12(13,14)15)18-19(9)4-3-16-11/h3-5,8H,6-7H2,1-2H3,(H,16,17). The zero-order valence-corrected chi connectivity index (χ0v) is 11.5. The molecule has 1 unspecified atom stereocenters. The summed E-state index contributed by atoms with van der Waals surface area (Å²) in [5.74, 6) is 0.304. The first kappa shape index (κ1) is 15.5. The molecule has 0 aliphatic heterocycles. The molecule has 21 heavy (non-hydrogen) atoms. The summed E-state index contributed by atoms with van der Waals surface area (Å²) >= 11 is 0. The Kier molecular flexibility index (Phi) is 4.63. The third-order valence-electron chi connectivity index (χ3n) is 2.86. The second-order valence-corrected chi connectivity index (χ2v) is 4.33. The van der Waals surface area contributed by atoms with Crippen molar-refractivity contribution >= 4 is 11.3 Å². The van der Waals surface area contributed by atoms with Crippen LogP contribution in [0.4, 0.5) is 19.0 Å². The van der Waals surface area contributed by atoms with E-state index in [1.54, 1.807) is 0 Å². The fourth-order valence-corrected chi connectivity index (χ4v) is 1.80. The Morgan fingerprint density at radius 1 is 1.38 bits per heavy atom. The van der Waals surface area contributed by atoms with Gasteiger partial charge < -0.3 is 14.8 Å². The number of hydrogen-bond acceptors (Lipinski definition) is 5. The molecule has 0 bridgehead atoms. The molecular weight excluding hydrogens is 289 g/mol. The van der Waals surface area contributed by atoms with Gasteiger partial charge in [-0.15, -0.1) is 0 Å². The number of rotatable bonds is 6. The molecule has 1 N–H and O–H groups in total. The zero-order valence-electron chi connectivity index (χ0n) is 11.5. The van der Waals surface area contributed by atoms with Gasteiger partial charge in [-0.2, -0.15) is 18.3 Å². The minimum absolute atomic E-state index is 0.234. The van der Waals surface area contributed by atoms with E-state index in [0.717, 1.165) is 10.6 Å². The largest absolute Gasteiger partial charge is 0.435 e. The Labute approximate surface area is 118 Å². The first-order valence-electron chi connectivity index (χ1n) is 6.13. The molecule has 0 amide bonds. The van der Waals surface area contributed by atoms with Crippen molar-refractivity contribution in [2.24, 2.45) is 0 Å². The molecule has 0 aliphatic carbocycles. The average Bonchev–Trinajstić information content (AvgIpc) is 2.88. The number of ether oxygens (including phenoxy) is 2. The van der Waals surface area contributed by atoms with E-state index < -0.39 is 11.9 Å². The lowest BCUT2D eigenvalue weighted by atomic mass is 10.3. The maximum Gasteiger partial charge on any atom is 0.435 e. The zero-order chi connectivity index (χ0) is 15.5. The number of halogens is 3. The van der Waals surface area contributed by atoms with E-state index >= 15 is 0 Å².